The zero-order chi connectivity index (χ0) is 10.1. The lowest BCUT2D eigenvalue weighted by Gasteiger charge is -1.80. The number of rotatable bonds is 3. The molecule has 0 saturated carbocycles. The Morgan fingerprint density at radius 1 is 1.08 bits per heavy atom. The first-order chi connectivity index (χ1) is 5.40. The summed E-state index contributed by atoms with van der Waals surface area (Å²) in [6, 6.07) is 0. The average molecular weight is 176 g/mol. The molecule has 3 N–H and O–H groups in total. The van der Waals surface area contributed by atoms with Gasteiger partial charge in [0, 0.05) is 6.08 Å². The first-order valence-electron chi connectivity index (χ1n) is 2.69. The van der Waals surface area contributed by atoms with Crippen molar-refractivity contribution in [2.75, 3.05) is 0 Å². The van der Waals surface area contributed by atoms with E-state index in [1.807, 2.05) is 0 Å². The molecular formula is C6H8O6. The summed E-state index contributed by atoms with van der Waals surface area (Å²) in [6.07, 6.45) is 0.0278. The second-order valence-corrected chi connectivity index (χ2v) is 1.51. The van der Waals surface area contributed by atoms with E-state index in [0.29, 0.717) is 0 Å². The smallest absolute Gasteiger partial charge is 0.327 e. The van der Waals surface area contributed by atoms with Crippen LogP contribution in [-0.2, 0) is 14.4 Å². The zero-order valence-electron chi connectivity index (χ0n) is 6.06. The Hall–Kier alpha value is -1.85. The van der Waals surface area contributed by atoms with Crippen molar-refractivity contribution in [2.45, 2.75) is 6.42 Å². The Labute approximate surface area is 67.7 Å². The van der Waals surface area contributed by atoms with Crippen LogP contribution in [0.1, 0.15) is 6.42 Å². The van der Waals surface area contributed by atoms with Crippen molar-refractivity contribution in [1.29, 1.82) is 0 Å². The molecule has 0 fully saturated rings. The monoisotopic (exact) mass is 176 g/mol. The highest BCUT2D eigenvalue weighted by Crippen LogP contribution is 1.74. The van der Waals surface area contributed by atoms with Gasteiger partial charge in [-0.1, -0.05) is 6.58 Å². The van der Waals surface area contributed by atoms with Crippen LogP contribution in [0.15, 0.2) is 12.7 Å². The van der Waals surface area contributed by atoms with Crippen molar-refractivity contribution >= 4 is 17.9 Å². The molecular weight excluding hydrogens is 168 g/mol. The van der Waals surface area contributed by atoms with Crippen molar-refractivity contribution < 1.29 is 29.7 Å². The Kier molecular flexibility index (Phi) is 7.74. The van der Waals surface area contributed by atoms with Gasteiger partial charge in [-0.05, 0) is 0 Å². The molecule has 0 aromatic carbocycles. The van der Waals surface area contributed by atoms with Crippen LogP contribution in [-0.4, -0.2) is 33.2 Å². The quantitative estimate of drug-likeness (QED) is 0.405. The van der Waals surface area contributed by atoms with Gasteiger partial charge >= 0.3 is 17.9 Å². The number of hydrogen-bond donors (Lipinski definition) is 3. The topological polar surface area (TPSA) is 112 Å². The van der Waals surface area contributed by atoms with Crippen LogP contribution in [0.3, 0.4) is 0 Å². The average Bonchev–Trinajstić information content (AvgIpc) is 1.85. The maximum Gasteiger partial charge on any atom is 0.327 e. The molecule has 6 heteroatoms. The van der Waals surface area contributed by atoms with Gasteiger partial charge in [-0.15, -0.1) is 0 Å². The molecule has 0 spiro atoms. The molecule has 0 amide bonds. The molecule has 0 saturated heterocycles. The first kappa shape index (κ1) is 12.8. The molecule has 0 heterocycles. The van der Waals surface area contributed by atoms with Gasteiger partial charge in [0.05, 0.1) is 0 Å². The van der Waals surface area contributed by atoms with Crippen molar-refractivity contribution in [1.82, 2.24) is 0 Å². The lowest BCUT2D eigenvalue weighted by molar-refractivity contribution is -0.147. The molecule has 0 rings (SSSR count). The lowest BCUT2D eigenvalue weighted by atomic mass is 10.5. The summed E-state index contributed by atoms with van der Waals surface area (Å²) in [7, 11) is 0. The van der Waals surface area contributed by atoms with Crippen LogP contribution >= 0.6 is 0 Å². The third-order valence-electron chi connectivity index (χ3n) is 0.477. The standard InChI is InChI=1S/C3H4O4.C3H4O2/c4-2(5)1-3(6)7;1-2-3(4)5/h1H2,(H,4,5)(H,6,7);2H,1H2,(H,4,5). The summed E-state index contributed by atoms with van der Waals surface area (Å²) in [4.78, 5) is 28.1. The summed E-state index contributed by atoms with van der Waals surface area (Å²) in [5.41, 5.74) is 0. The Morgan fingerprint density at radius 3 is 1.33 bits per heavy atom. The van der Waals surface area contributed by atoms with Gasteiger partial charge in [0.15, 0.2) is 0 Å². The number of hydrogen-bond acceptors (Lipinski definition) is 3. The molecule has 0 aliphatic heterocycles. The van der Waals surface area contributed by atoms with Gasteiger partial charge in [0.25, 0.3) is 0 Å². The molecule has 0 aliphatic rings. The number of aliphatic carboxylic acids is 3. The van der Waals surface area contributed by atoms with Gasteiger partial charge in [0.1, 0.15) is 6.42 Å². The minimum absolute atomic E-state index is 0.806. The predicted octanol–water partition coefficient (Wildman–Crippen LogP) is -0.197. The van der Waals surface area contributed by atoms with Crippen LogP contribution in [0.4, 0.5) is 0 Å². The van der Waals surface area contributed by atoms with Crippen molar-refractivity contribution in [3.63, 3.8) is 0 Å². The molecule has 0 bridgehead atoms. The highest BCUT2D eigenvalue weighted by atomic mass is 16.4. The number of carbonyl (C=O) groups is 3. The predicted molar refractivity (Wildman–Crippen MR) is 37.7 cm³/mol. The van der Waals surface area contributed by atoms with E-state index in [2.05, 4.69) is 6.58 Å². The molecule has 0 unspecified atom stereocenters. The van der Waals surface area contributed by atoms with E-state index in [-0.39, 0.29) is 0 Å². The summed E-state index contributed by atoms with van der Waals surface area (Å²) in [5.74, 6) is -3.61. The summed E-state index contributed by atoms with van der Waals surface area (Å²) >= 11 is 0. The fraction of sp³-hybridized carbons (Fsp3) is 0.167. The van der Waals surface area contributed by atoms with Crippen LogP contribution < -0.4 is 0 Å². The maximum absolute atomic E-state index is 9.43. The Balaban J connectivity index is 0. The normalized spacial score (nSPS) is 7.33. The largest absolute Gasteiger partial charge is 0.481 e. The first-order valence-corrected chi connectivity index (χ1v) is 2.69. The lowest BCUT2D eigenvalue weighted by Crippen LogP contribution is -2.03. The Bertz CT molecular complexity index is 182. The minimum Gasteiger partial charge on any atom is -0.481 e. The van der Waals surface area contributed by atoms with E-state index in [4.69, 9.17) is 15.3 Å². The molecule has 0 atom stereocenters. The van der Waals surface area contributed by atoms with Crippen LogP contribution in [0, 0.1) is 0 Å². The molecule has 68 valence electrons. The fourth-order valence-electron chi connectivity index (χ4n) is 0.129. The molecule has 6 nitrogen and oxygen atoms in total. The number of carboxylic acid groups (broad SMARTS) is 3. The maximum atomic E-state index is 9.43. The van der Waals surface area contributed by atoms with E-state index in [0.717, 1.165) is 6.08 Å². The molecule has 0 radical (unpaired) electrons. The van der Waals surface area contributed by atoms with E-state index in [1.54, 1.807) is 0 Å². The van der Waals surface area contributed by atoms with Gasteiger partial charge in [-0.2, -0.15) is 0 Å². The molecule has 12 heavy (non-hydrogen) atoms. The Morgan fingerprint density at radius 2 is 1.33 bits per heavy atom. The SMILES string of the molecule is C=CC(=O)O.O=C(O)CC(=O)O. The summed E-state index contributed by atoms with van der Waals surface area (Å²) < 4.78 is 0. The summed E-state index contributed by atoms with van der Waals surface area (Å²) in [5, 5.41) is 23.0. The second kappa shape index (κ2) is 7.26. The zero-order valence-corrected chi connectivity index (χ0v) is 6.06. The van der Waals surface area contributed by atoms with Crippen LogP contribution in [0.2, 0.25) is 0 Å². The summed E-state index contributed by atoms with van der Waals surface area (Å²) in [6.45, 7) is 2.96. The van der Waals surface area contributed by atoms with Gasteiger partial charge < -0.3 is 15.3 Å². The molecule has 0 aromatic rings. The van der Waals surface area contributed by atoms with E-state index < -0.39 is 24.3 Å². The van der Waals surface area contributed by atoms with Crippen molar-refractivity contribution in [3.05, 3.63) is 12.7 Å². The van der Waals surface area contributed by atoms with Gasteiger partial charge in [-0.3, -0.25) is 9.59 Å². The second-order valence-electron chi connectivity index (χ2n) is 1.51. The van der Waals surface area contributed by atoms with E-state index in [1.165, 1.54) is 0 Å². The molecule has 0 aromatic heterocycles. The van der Waals surface area contributed by atoms with Crippen LogP contribution in [0.25, 0.3) is 0 Å². The highest BCUT2D eigenvalue weighted by molar-refractivity contribution is 5.88. The van der Waals surface area contributed by atoms with Gasteiger partial charge in [-0.25, -0.2) is 4.79 Å². The highest BCUT2D eigenvalue weighted by Gasteiger charge is 2.01. The number of carboxylic acids is 3. The van der Waals surface area contributed by atoms with E-state index in [9.17, 15) is 14.4 Å². The molecule has 0 aliphatic carbocycles. The van der Waals surface area contributed by atoms with Crippen molar-refractivity contribution in [2.24, 2.45) is 0 Å². The van der Waals surface area contributed by atoms with E-state index >= 15 is 0 Å². The third kappa shape index (κ3) is 24.2. The minimum atomic E-state index is -1.31. The van der Waals surface area contributed by atoms with Gasteiger partial charge in [0.2, 0.25) is 0 Å². The van der Waals surface area contributed by atoms with Crippen molar-refractivity contribution in [3.8, 4) is 0 Å². The van der Waals surface area contributed by atoms with Crippen LogP contribution in [0.5, 0.6) is 0 Å². The third-order valence-corrected chi connectivity index (χ3v) is 0.477. The fourth-order valence-corrected chi connectivity index (χ4v) is 0.129.